The number of nitriles is 1. The van der Waals surface area contributed by atoms with Crippen LogP contribution in [0.3, 0.4) is 0 Å². The molecule has 1 aliphatic carbocycles. The maximum Gasteiger partial charge on any atom is 0.409 e. The predicted molar refractivity (Wildman–Crippen MR) is 161 cm³/mol. The Morgan fingerprint density at radius 2 is 1.81 bits per heavy atom. The number of methoxy groups -OCH3 is 1. The molecule has 2 aliphatic rings. The average molecular weight is 614 g/mol. The van der Waals surface area contributed by atoms with Gasteiger partial charge in [-0.15, -0.1) is 0 Å². The van der Waals surface area contributed by atoms with Crippen LogP contribution in [0.2, 0.25) is 0 Å². The molecule has 1 heterocycles. The molecule has 1 amide bonds. The Hall–Kier alpha value is -3.17. The van der Waals surface area contributed by atoms with Crippen LogP contribution in [0.25, 0.3) is 0 Å². The lowest BCUT2D eigenvalue weighted by Gasteiger charge is -2.52. The summed E-state index contributed by atoms with van der Waals surface area (Å²) in [6, 6.07) is 15.9. The second-order valence-electron chi connectivity index (χ2n) is 11.9. The highest BCUT2D eigenvalue weighted by Crippen LogP contribution is 2.49. The minimum absolute atomic E-state index is 0.0325. The highest BCUT2D eigenvalue weighted by atomic mass is 32.2. The van der Waals surface area contributed by atoms with Crippen molar-refractivity contribution in [2.75, 3.05) is 20.3 Å². The number of amides is 1. The molecule has 0 aromatic heterocycles. The molecule has 11 heteroatoms. The van der Waals surface area contributed by atoms with Gasteiger partial charge in [-0.2, -0.15) is 5.26 Å². The molecule has 0 radical (unpaired) electrons. The third-order valence-corrected chi connectivity index (χ3v) is 11.7. The standard InChI is InChI=1S/C32H43N3O7S/c1-41-27-11-13-28(14-12-27)43(39,40)32(38,20-19-30(18-8-21-33)16-6-3-7-17-30)31(34,23-25-9-4-2-5-10-25)35(29(36)37)26-15-22-42-24-26/h2,4-5,9-14,26,38H,3,6-8,15-20,22-24,34H2,1H3,(H,36,37)/t26?,31-,32+/m0/s1. The summed E-state index contributed by atoms with van der Waals surface area (Å²) in [5, 5.41) is 32.9. The molecule has 1 saturated heterocycles. The van der Waals surface area contributed by atoms with Gasteiger partial charge in [-0.1, -0.05) is 49.6 Å². The number of hydrogen-bond acceptors (Lipinski definition) is 8. The van der Waals surface area contributed by atoms with E-state index in [4.69, 9.17) is 15.2 Å². The molecule has 4 rings (SSSR count). The van der Waals surface area contributed by atoms with E-state index in [0.29, 0.717) is 30.6 Å². The van der Waals surface area contributed by atoms with E-state index in [2.05, 4.69) is 6.07 Å². The zero-order valence-corrected chi connectivity index (χ0v) is 25.6. The minimum Gasteiger partial charge on any atom is -0.497 e. The van der Waals surface area contributed by atoms with E-state index in [0.717, 1.165) is 37.0 Å². The van der Waals surface area contributed by atoms with Crippen LogP contribution in [0, 0.1) is 16.7 Å². The van der Waals surface area contributed by atoms with Crippen LogP contribution in [0.15, 0.2) is 59.5 Å². The van der Waals surface area contributed by atoms with Gasteiger partial charge in [0.1, 0.15) is 11.4 Å². The third kappa shape index (κ3) is 6.68. The van der Waals surface area contributed by atoms with Gasteiger partial charge in [0.2, 0.25) is 14.8 Å². The van der Waals surface area contributed by atoms with Crippen molar-refractivity contribution in [2.45, 2.75) is 92.2 Å². The van der Waals surface area contributed by atoms with Crippen molar-refractivity contribution in [1.29, 1.82) is 5.26 Å². The Labute approximate surface area is 254 Å². The first-order valence-electron chi connectivity index (χ1n) is 14.9. The molecule has 10 nitrogen and oxygen atoms in total. The van der Waals surface area contributed by atoms with E-state index >= 15 is 0 Å². The number of nitrogens with two attached hydrogens (primary N) is 1. The number of sulfone groups is 1. The maximum absolute atomic E-state index is 14.7. The Kier molecular flexibility index (Phi) is 10.4. The molecule has 1 unspecified atom stereocenters. The normalized spacial score (nSPS) is 21.2. The number of aliphatic hydroxyl groups is 1. The van der Waals surface area contributed by atoms with E-state index in [-0.39, 0.29) is 42.8 Å². The summed E-state index contributed by atoms with van der Waals surface area (Å²) in [5.41, 5.74) is 5.07. The van der Waals surface area contributed by atoms with Crippen molar-refractivity contribution < 1.29 is 32.9 Å². The first kappa shape index (κ1) is 32.7. The van der Waals surface area contributed by atoms with E-state index < -0.39 is 32.6 Å². The Morgan fingerprint density at radius 3 is 2.37 bits per heavy atom. The summed E-state index contributed by atoms with van der Waals surface area (Å²) in [6.07, 6.45) is 3.96. The number of nitrogens with zero attached hydrogens (tertiary/aromatic N) is 2. The SMILES string of the molecule is COc1ccc(S(=O)(=O)[C@](O)(CCC2(CCC#N)CCCCC2)[C@](N)(Cc2ccccc2)N(C(=O)O)C2CCOC2)cc1. The summed E-state index contributed by atoms with van der Waals surface area (Å²) in [6.45, 7) is 0.321. The van der Waals surface area contributed by atoms with Gasteiger partial charge in [-0.05, 0) is 73.8 Å². The van der Waals surface area contributed by atoms with Gasteiger partial charge >= 0.3 is 6.09 Å². The lowest BCUT2D eigenvalue weighted by Crippen LogP contribution is -2.76. The molecule has 1 saturated carbocycles. The molecule has 2 aromatic carbocycles. The second kappa shape index (κ2) is 13.6. The molecule has 2 fully saturated rings. The average Bonchev–Trinajstić information content (AvgIpc) is 3.53. The summed E-state index contributed by atoms with van der Waals surface area (Å²) >= 11 is 0. The van der Waals surface area contributed by atoms with Gasteiger partial charge in [0.05, 0.1) is 30.7 Å². The smallest absolute Gasteiger partial charge is 0.409 e. The quantitative estimate of drug-likeness (QED) is 0.268. The number of rotatable bonds is 13. The van der Waals surface area contributed by atoms with Crippen molar-refractivity contribution in [3.05, 3.63) is 60.2 Å². The van der Waals surface area contributed by atoms with Gasteiger partial charge < -0.3 is 25.4 Å². The van der Waals surface area contributed by atoms with Gasteiger partial charge in [0.15, 0.2) is 0 Å². The lowest BCUT2D eigenvalue weighted by molar-refractivity contribution is -0.0757. The van der Waals surface area contributed by atoms with E-state index in [9.17, 15) is 28.7 Å². The van der Waals surface area contributed by atoms with Crippen LogP contribution in [0.5, 0.6) is 5.75 Å². The van der Waals surface area contributed by atoms with Gasteiger partial charge in [-0.25, -0.2) is 13.2 Å². The fourth-order valence-corrected chi connectivity index (χ4v) is 8.80. The zero-order valence-electron chi connectivity index (χ0n) is 24.8. The summed E-state index contributed by atoms with van der Waals surface area (Å²) < 4.78 is 40.2. The maximum atomic E-state index is 14.7. The molecular weight excluding hydrogens is 570 g/mol. The zero-order chi connectivity index (χ0) is 31.1. The van der Waals surface area contributed by atoms with Gasteiger partial charge in [-0.3, -0.25) is 4.90 Å². The van der Waals surface area contributed by atoms with Crippen LogP contribution < -0.4 is 10.5 Å². The molecule has 4 N–H and O–H groups in total. The summed E-state index contributed by atoms with van der Waals surface area (Å²) in [5.74, 6) is 0.429. The summed E-state index contributed by atoms with van der Waals surface area (Å²) in [4.78, 5) is 11.0. The van der Waals surface area contributed by atoms with E-state index in [1.165, 1.54) is 31.4 Å². The van der Waals surface area contributed by atoms with Crippen molar-refractivity contribution in [2.24, 2.45) is 11.1 Å². The number of hydrogen-bond donors (Lipinski definition) is 3. The molecule has 2 aromatic rings. The van der Waals surface area contributed by atoms with Crippen LogP contribution in [0.1, 0.15) is 69.8 Å². The van der Waals surface area contributed by atoms with Crippen molar-refractivity contribution in [1.82, 2.24) is 4.90 Å². The number of ether oxygens (including phenoxy) is 2. The number of benzene rings is 2. The van der Waals surface area contributed by atoms with Gasteiger partial charge in [0.25, 0.3) is 0 Å². The van der Waals surface area contributed by atoms with Crippen LogP contribution in [-0.2, 0) is 21.0 Å². The molecule has 0 spiro atoms. The second-order valence-corrected chi connectivity index (χ2v) is 14.1. The molecule has 0 bridgehead atoms. The lowest BCUT2D eigenvalue weighted by atomic mass is 9.67. The van der Waals surface area contributed by atoms with E-state index in [1.54, 1.807) is 30.3 Å². The minimum atomic E-state index is -4.70. The molecular formula is C32H43N3O7S. The Morgan fingerprint density at radius 1 is 1.14 bits per heavy atom. The highest BCUT2D eigenvalue weighted by molar-refractivity contribution is 7.92. The number of carboxylic acid groups (broad SMARTS) is 1. The largest absolute Gasteiger partial charge is 0.497 e. The fourth-order valence-electron chi connectivity index (χ4n) is 6.91. The Bertz CT molecular complexity index is 1370. The third-order valence-electron chi connectivity index (χ3n) is 9.39. The van der Waals surface area contributed by atoms with Crippen LogP contribution >= 0.6 is 0 Å². The molecule has 3 atom stereocenters. The fraction of sp³-hybridized carbons (Fsp3) is 0.562. The monoisotopic (exact) mass is 613 g/mol. The molecule has 234 valence electrons. The topological polar surface area (TPSA) is 163 Å². The van der Waals surface area contributed by atoms with E-state index in [1.807, 2.05) is 0 Å². The molecule has 1 aliphatic heterocycles. The van der Waals surface area contributed by atoms with Crippen LogP contribution in [-0.4, -0.2) is 66.6 Å². The van der Waals surface area contributed by atoms with Crippen molar-refractivity contribution in [3.63, 3.8) is 0 Å². The first-order chi connectivity index (χ1) is 20.5. The highest BCUT2D eigenvalue weighted by Gasteiger charge is 2.63. The first-order valence-corrected chi connectivity index (χ1v) is 16.4. The molecule has 43 heavy (non-hydrogen) atoms. The summed E-state index contributed by atoms with van der Waals surface area (Å²) in [7, 11) is -3.23. The Balaban J connectivity index is 1.92. The number of carbonyl (C=O) groups is 1. The predicted octanol–water partition coefficient (Wildman–Crippen LogP) is 4.86. The van der Waals surface area contributed by atoms with Crippen LogP contribution in [0.4, 0.5) is 4.79 Å². The van der Waals surface area contributed by atoms with Crippen molar-refractivity contribution in [3.8, 4) is 11.8 Å². The van der Waals surface area contributed by atoms with Gasteiger partial charge in [0, 0.05) is 19.4 Å². The van der Waals surface area contributed by atoms with Crippen molar-refractivity contribution >= 4 is 15.9 Å².